The first-order chi connectivity index (χ1) is 9.13. The van der Waals surface area contributed by atoms with Gasteiger partial charge in [-0.25, -0.2) is 0 Å². The molecular formula is C14H18N2O3. The minimum absolute atomic E-state index is 0.0168. The highest BCUT2D eigenvalue weighted by atomic mass is 16.3. The van der Waals surface area contributed by atoms with E-state index in [9.17, 15) is 15.0 Å². The van der Waals surface area contributed by atoms with Crippen molar-refractivity contribution in [3.63, 3.8) is 0 Å². The quantitative estimate of drug-likeness (QED) is 0.693. The normalized spacial score (nSPS) is 29.2. The minimum atomic E-state index is -0.313. The van der Waals surface area contributed by atoms with E-state index in [4.69, 9.17) is 0 Å². The van der Waals surface area contributed by atoms with Crippen LogP contribution in [0.2, 0.25) is 0 Å². The van der Waals surface area contributed by atoms with Crippen LogP contribution in [-0.2, 0) is 0 Å². The molecule has 0 radical (unpaired) electrons. The minimum Gasteiger partial charge on any atom is -0.508 e. The Bertz CT molecular complexity index is 495. The molecule has 0 spiro atoms. The highest BCUT2D eigenvalue weighted by Crippen LogP contribution is 2.28. The number of phenols is 2. The monoisotopic (exact) mass is 262 g/mol. The lowest BCUT2D eigenvalue weighted by atomic mass is 9.84. The number of nitrogens with one attached hydrogen (secondary N) is 1. The van der Waals surface area contributed by atoms with Crippen LogP contribution in [0.5, 0.6) is 11.5 Å². The number of nitrogens with zero attached hydrogens (tertiary/aromatic N) is 1. The van der Waals surface area contributed by atoms with Crippen LogP contribution in [0.15, 0.2) is 18.2 Å². The van der Waals surface area contributed by atoms with Crippen LogP contribution >= 0.6 is 0 Å². The summed E-state index contributed by atoms with van der Waals surface area (Å²) < 4.78 is 0. The molecule has 2 bridgehead atoms. The zero-order chi connectivity index (χ0) is 13.4. The number of hydrogen-bond acceptors (Lipinski definition) is 4. The average molecular weight is 262 g/mol. The van der Waals surface area contributed by atoms with Gasteiger partial charge in [0.25, 0.3) is 5.91 Å². The number of carbonyl (C=O) groups excluding carboxylic acids is 1. The van der Waals surface area contributed by atoms with E-state index in [1.807, 2.05) is 0 Å². The van der Waals surface area contributed by atoms with Crippen LogP contribution in [0.3, 0.4) is 0 Å². The van der Waals surface area contributed by atoms with Crippen molar-refractivity contribution in [2.45, 2.75) is 18.9 Å². The second-order valence-corrected chi connectivity index (χ2v) is 5.42. The van der Waals surface area contributed by atoms with Gasteiger partial charge in [0.05, 0.1) is 5.56 Å². The third-order valence-corrected chi connectivity index (χ3v) is 4.20. The van der Waals surface area contributed by atoms with Gasteiger partial charge in [-0.2, -0.15) is 0 Å². The Labute approximate surface area is 111 Å². The van der Waals surface area contributed by atoms with Gasteiger partial charge in [-0.1, -0.05) is 0 Å². The summed E-state index contributed by atoms with van der Waals surface area (Å²) >= 11 is 0. The summed E-state index contributed by atoms with van der Waals surface area (Å²) in [4.78, 5) is 14.5. The summed E-state index contributed by atoms with van der Waals surface area (Å²) in [6.45, 7) is 3.12. The SMILES string of the molecule is O=C(NC1CN2CCC1CC2)c1cc(O)ccc1O. The topological polar surface area (TPSA) is 72.8 Å². The Morgan fingerprint density at radius 3 is 2.63 bits per heavy atom. The molecule has 5 nitrogen and oxygen atoms in total. The number of aromatic hydroxyl groups is 2. The summed E-state index contributed by atoms with van der Waals surface area (Å²) in [5.74, 6) is 0.106. The zero-order valence-electron chi connectivity index (χ0n) is 10.7. The van der Waals surface area contributed by atoms with E-state index in [1.54, 1.807) is 0 Å². The molecule has 4 rings (SSSR count). The lowest BCUT2D eigenvalue weighted by molar-refractivity contribution is 0.0619. The molecule has 3 aliphatic rings. The second kappa shape index (κ2) is 4.74. The smallest absolute Gasteiger partial charge is 0.255 e. The summed E-state index contributed by atoms with van der Waals surface area (Å²) in [6.07, 6.45) is 2.24. The van der Waals surface area contributed by atoms with E-state index in [1.165, 1.54) is 18.2 Å². The van der Waals surface area contributed by atoms with Crippen molar-refractivity contribution in [1.82, 2.24) is 10.2 Å². The molecule has 1 atom stereocenters. The second-order valence-electron chi connectivity index (χ2n) is 5.42. The predicted octanol–water partition coefficient (Wildman–Crippen LogP) is 0.922. The fourth-order valence-electron chi connectivity index (χ4n) is 3.08. The Morgan fingerprint density at radius 2 is 2.00 bits per heavy atom. The largest absolute Gasteiger partial charge is 0.508 e. The summed E-state index contributed by atoms with van der Waals surface area (Å²) in [5, 5.41) is 22.1. The van der Waals surface area contributed by atoms with Crippen molar-refractivity contribution >= 4 is 5.91 Å². The molecule has 0 aliphatic carbocycles. The Kier molecular flexibility index (Phi) is 3.06. The number of carbonyl (C=O) groups is 1. The first-order valence-corrected chi connectivity index (χ1v) is 6.68. The van der Waals surface area contributed by atoms with Gasteiger partial charge < -0.3 is 20.4 Å². The van der Waals surface area contributed by atoms with Gasteiger partial charge >= 0.3 is 0 Å². The Morgan fingerprint density at radius 1 is 1.26 bits per heavy atom. The molecule has 3 heterocycles. The fourth-order valence-corrected chi connectivity index (χ4v) is 3.08. The standard InChI is InChI=1S/C14H18N2O3/c17-10-1-2-13(18)11(7-10)14(19)15-12-8-16-5-3-9(12)4-6-16/h1-2,7,9,12,17-18H,3-6,8H2,(H,15,19). The molecule has 3 N–H and O–H groups in total. The van der Waals surface area contributed by atoms with Crippen molar-refractivity contribution in [3.8, 4) is 11.5 Å². The highest BCUT2D eigenvalue weighted by molar-refractivity contribution is 5.97. The van der Waals surface area contributed by atoms with Crippen molar-refractivity contribution in [2.75, 3.05) is 19.6 Å². The van der Waals surface area contributed by atoms with Crippen molar-refractivity contribution in [3.05, 3.63) is 23.8 Å². The molecule has 0 aromatic heterocycles. The van der Waals surface area contributed by atoms with Crippen molar-refractivity contribution in [2.24, 2.45) is 5.92 Å². The molecule has 3 aliphatic heterocycles. The molecule has 102 valence electrons. The molecule has 5 heteroatoms. The van der Waals surface area contributed by atoms with Crippen LogP contribution in [0.4, 0.5) is 0 Å². The number of rotatable bonds is 2. The molecular weight excluding hydrogens is 244 g/mol. The van der Waals surface area contributed by atoms with Gasteiger partial charge in [-0.05, 0) is 50.0 Å². The molecule has 1 aromatic rings. The van der Waals surface area contributed by atoms with Gasteiger partial charge in [0.1, 0.15) is 11.5 Å². The van der Waals surface area contributed by atoms with Crippen LogP contribution in [0.1, 0.15) is 23.2 Å². The molecule has 0 saturated carbocycles. The maximum atomic E-state index is 12.2. The summed E-state index contributed by atoms with van der Waals surface area (Å²) in [6, 6.07) is 4.14. The zero-order valence-corrected chi connectivity index (χ0v) is 10.7. The lowest BCUT2D eigenvalue weighted by Crippen LogP contribution is -2.57. The maximum absolute atomic E-state index is 12.2. The third kappa shape index (κ3) is 2.38. The van der Waals surface area contributed by atoms with Gasteiger partial charge in [-0.3, -0.25) is 4.79 Å². The van der Waals surface area contributed by atoms with Gasteiger partial charge in [0, 0.05) is 12.6 Å². The number of phenolic OH excluding ortho intramolecular Hbond substituents is 2. The van der Waals surface area contributed by atoms with Crippen molar-refractivity contribution < 1.29 is 15.0 Å². The Hall–Kier alpha value is -1.75. The van der Waals surface area contributed by atoms with Crippen LogP contribution in [0.25, 0.3) is 0 Å². The highest BCUT2D eigenvalue weighted by Gasteiger charge is 2.35. The van der Waals surface area contributed by atoms with Gasteiger partial charge in [0.2, 0.25) is 0 Å². The summed E-state index contributed by atoms with van der Waals surface area (Å²) in [5.41, 5.74) is 0.136. The van der Waals surface area contributed by atoms with Crippen LogP contribution in [0, 0.1) is 5.92 Å². The number of hydrogen-bond donors (Lipinski definition) is 3. The van der Waals surface area contributed by atoms with E-state index in [0.29, 0.717) is 5.92 Å². The fraction of sp³-hybridized carbons (Fsp3) is 0.500. The first-order valence-electron chi connectivity index (χ1n) is 6.68. The van der Waals surface area contributed by atoms with Gasteiger partial charge in [0.15, 0.2) is 0 Å². The molecule has 3 saturated heterocycles. The van der Waals surface area contributed by atoms with Gasteiger partial charge in [-0.15, -0.1) is 0 Å². The molecule has 1 aromatic carbocycles. The predicted molar refractivity (Wildman–Crippen MR) is 70.2 cm³/mol. The Balaban J connectivity index is 1.73. The van der Waals surface area contributed by atoms with E-state index >= 15 is 0 Å². The van der Waals surface area contributed by atoms with E-state index < -0.39 is 0 Å². The maximum Gasteiger partial charge on any atom is 0.255 e. The first kappa shape index (κ1) is 12.3. The number of benzene rings is 1. The summed E-state index contributed by atoms with van der Waals surface area (Å²) in [7, 11) is 0. The molecule has 3 fully saturated rings. The average Bonchev–Trinajstić information content (AvgIpc) is 2.43. The van der Waals surface area contributed by atoms with Crippen molar-refractivity contribution in [1.29, 1.82) is 0 Å². The number of fused-ring (bicyclic) bond motifs is 3. The van der Waals surface area contributed by atoms with Crippen LogP contribution in [-0.4, -0.2) is 46.7 Å². The third-order valence-electron chi connectivity index (χ3n) is 4.20. The van der Waals surface area contributed by atoms with E-state index in [0.717, 1.165) is 32.5 Å². The lowest BCUT2D eigenvalue weighted by Gasteiger charge is -2.44. The molecule has 19 heavy (non-hydrogen) atoms. The van der Waals surface area contributed by atoms with Crippen LogP contribution < -0.4 is 5.32 Å². The molecule has 1 amide bonds. The molecule has 1 unspecified atom stereocenters. The number of amides is 1. The van der Waals surface area contributed by atoms with E-state index in [-0.39, 0.29) is 29.0 Å². The van der Waals surface area contributed by atoms with E-state index in [2.05, 4.69) is 10.2 Å². The number of piperidine rings is 3.